The lowest BCUT2D eigenvalue weighted by Crippen LogP contribution is -2.02. The smallest absolute Gasteiger partial charge is 0.191 e. The Kier molecular flexibility index (Phi) is 6.12. The van der Waals surface area contributed by atoms with E-state index in [2.05, 4.69) is 0 Å². The molecule has 0 aromatic rings. The third-order valence-electron chi connectivity index (χ3n) is 1.88. The maximum absolute atomic E-state index is 10.5. The summed E-state index contributed by atoms with van der Waals surface area (Å²) in [5.74, 6) is 0. The predicted molar refractivity (Wildman–Crippen MR) is 50.6 cm³/mol. The highest BCUT2D eigenvalue weighted by Gasteiger charge is 2.12. The van der Waals surface area contributed by atoms with Crippen molar-refractivity contribution in [2.24, 2.45) is 0 Å². The van der Waals surface area contributed by atoms with E-state index in [0.29, 0.717) is 12.8 Å². The van der Waals surface area contributed by atoms with Crippen molar-refractivity contribution in [1.82, 2.24) is 0 Å². The van der Waals surface area contributed by atoms with E-state index in [1.807, 2.05) is 0 Å². The van der Waals surface area contributed by atoms with Crippen molar-refractivity contribution in [3.63, 3.8) is 0 Å². The van der Waals surface area contributed by atoms with E-state index in [1.54, 1.807) is 13.8 Å². The molecule has 0 aromatic heterocycles. The van der Waals surface area contributed by atoms with Crippen LogP contribution in [0.3, 0.4) is 0 Å². The van der Waals surface area contributed by atoms with Crippen LogP contribution in [0.1, 0.15) is 26.7 Å². The van der Waals surface area contributed by atoms with Gasteiger partial charge in [-0.3, -0.25) is 9.13 Å². The lowest BCUT2D eigenvalue weighted by atomic mass is 10.2. The molecule has 12 heavy (non-hydrogen) atoms. The number of hydrogen-bond acceptors (Lipinski definition) is 2. The molecule has 0 spiro atoms. The average Bonchev–Trinajstić information content (AvgIpc) is 1.98. The molecule has 0 saturated heterocycles. The lowest BCUT2D eigenvalue weighted by molar-refractivity contribution is 0.473. The van der Waals surface area contributed by atoms with Gasteiger partial charge in [-0.25, -0.2) is 0 Å². The highest BCUT2D eigenvalue weighted by atomic mass is 31.1. The Morgan fingerprint density at radius 3 is 1.42 bits per heavy atom. The van der Waals surface area contributed by atoms with E-state index in [-0.39, 0.29) is 11.3 Å². The molecule has 2 N–H and O–H groups in total. The van der Waals surface area contributed by atoms with Gasteiger partial charge in [0.1, 0.15) is 0 Å². The fourth-order valence-corrected chi connectivity index (χ4v) is 1.57. The van der Waals surface area contributed by atoms with E-state index < -0.39 is 16.1 Å². The molecule has 6 heteroatoms. The van der Waals surface area contributed by atoms with Gasteiger partial charge in [0.2, 0.25) is 0 Å². The molecule has 74 valence electrons. The summed E-state index contributed by atoms with van der Waals surface area (Å²) in [4.78, 5) is 17.4. The summed E-state index contributed by atoms with van der Waals surface area (Å²) in [5, 5.41) is 0. The van der Waals surface area contributed by atoms with Crippen molar-refractivity contribution in [2.75, 3.05) is 0 Å². The van der Waals surface area contributed by atoms with Crippen LogP contribution in [0.4, 0.5) is 0 Å². The fraction of sp³-hybridized carbons (Fsp3) is 1.00. The normalized spacial score (nSPS) is 21.3. The van der Waals surface area contributed by atoms with E-state index in [4.69, 9.17) is 9.79 Å². The summed E-state index contributed by atoms with van der Waals surface area (Å²) < 4.78 is 21.1. The maximum Gasteiger partial charge on any atom is 0.191 e. The Labute approximate surface area is 73.7 Å². The second-order valence-electron chi connectivity index (χ2n) is 3.06. The molecule has 0 rings (SSSR count). The van der Waals surface area contributed by atoms with Gasteiger partial charge in [0.25, 0.3) is 0 Å². The summed E-state index contributed by atoms with van der Waals surface area (Å²) in [6, 6.07) is 0. The van der Waals surface area contributed by atoms with Crippen molar-refractivity contribution < 1.29 is 18.9 Å². The summed E-state index contributed by atoms with van der Waals surface area (Å²) in [5.41, 5.74) is -0.474. The SMILES string of the molecule is CC(CCC(C)[PH](=O)O)[PH](=O)O. The quantitative estimate of drug-likeness (QED) is 0.679. The third kappa shape index (κ3) is 5.10. The molecule has 4 unspecified atom stereocenters. The van der Waals surface area contributed by atoms with Crippen LogP contribution in [0, 0.1) is 0 Å². The molecule has 0 saturated carbocycles. The number of hydrogen-bond donors (Lipinski definition) is 2. The van der Waals surface area contributed by atoms with Crippen molar-refractivity contribution in [3.8, 4) is 0 Å². The molecular formula is C6H16O4P2. The first-order valence-electron chi connectivity index (χ1n) is 3.90. The van der Waals surface area contributed by atoms with E-state index in [1.165, 1.54) is 0 Å². The zero-order valence-electron chi connectivity index (χ0n) is 7.28. The minimum absolute atomic E-state index is 0.237. The molecule has 0 bridgehead atoms. The van der Waals surface area contributed by atoms with Gasteiger partial charge in [-0.1, -0.05) is 13.8 Å². The molecule has 0 aliphatic heterocycles. The average molecular weight is 214 g/mol. The third-order valence-corrected chi connectivity index (χ3v) is 4.14. The van der Waals surface area contributed by atoms with Gasteiger partial charge in [-0.15, -0.1) is 0 Å². The predicted octanol–water partition coefficient (Wildman–Crippen LogP) is 1.48. The van der Waals surface area contributed by atoms with Crippen LogP contribution < -0.4 is 0 Å². The summed E-state index contributed by atoms with van der Waals surface area (Å²) in [7, 11) is -4.91. The maximum atomic E-state index is 10.5. The first-order chi connectivity index (χ1) is 5.45. The summed E-state index contributed by atoms with van der Waals surface area (Å²) >= 11 is 0. The van der Waals surface area contributed by atoms with Crippen molar-refractivity contribution in [3.05, 3.63) is 0 Å². The summed E-state index contributed by atoms with van der Waals surface area (Å²) in [6.07, 6.45) is 1.10. The highest BCUT2D eigenvalue weighted by Crippen LogP contribution is 2.31. The van der Waals surface area contributed by atoms with Gasteiger partial charge < -0.3 is 9.79 Å². The van der Waals surface area contributed by atoms with Crippen LogP contribution in [0.5, 0.6) is 0 Å². The van der Waals surface area contributed by atoms with Crippen LogP contribution in [0.25, 0.3) is 0 Å². The van der Waals surface area contributed by atoms with E-state index >= 15 is 0 Å². The van der Waals surface area contributed by atoms with Gasteiger partial charge >= 0.3 is 0 Å². The standard InChI is InChI=1S/C6H16O4P2/c1-5(11(7)8)3-4-6(2)12(9)10/h5-6,11-12H,3-4H2,1-2H3,(H,7,8)(H,9,10). The molecule has 0 aliphatic rings. The van der Waals surface area contributed by atoms with Crippen LogP contribution in [-0.2, 0) is 9.13 Å². The first-order valence-corrected chi connectivity index (χ1v) is 6.77. The van der Waals surface area contributed by atoms with Crippen LogP contribution in [0.15, 0.2) is 0 Å². The molecule has 0 heterocycles. The highest BCUT2D eigenvalue weighted by molar-refractivity contribution is 7.39. The van der Waals surface area contributed by atoms with E-state index in [0.717, 1.165) is 0 Å². The largest absolute Gasteiger partial charge is 0.346 e. The van der Waals surface area contributed by atoms with Gasteiger partial charge in [0.15, 0.2) is 16.1 Å². The molecular weight excluding hydrogens is 198 g/mol. The minimum Gasteiger partial charge on any atom is -0.346 e. The van der Waals surface area contributed by atoms with Crippen LogP contribution in [-0.4, -0.2) is 21.1 Å². The molecule has 0 fully saturated rings. The van der Waals surface area contributed by atoms with Crippen LogP contribution in [0.2, 0.25) is 0 Å². The van der Waals surface area contributed by atoms with Crippen molar-refractivity contribution in [1.29, 1.82) is 0 Å². The zero-order chi connectivity index (χ0) is 9.72. The second kappa shape index (κ2) is 5.93. The first kappa shape index (κ1) is 12.4. The minimum atomic E-state index is -2.46. The summed E-state index contributed by atoms with van der Waals surface area (Å²) in [6.45, 7) is 3.37. The molecule has 4 nitrogen and oxygen atoms in total. The monoisotopic (exact) mass is 214 g/mol. The second-order valence-corrected chi connectivity index (χ2v) is 6.38. The Morgan fingerprint density at radius 2 is 1.25 bits per heavy atom. The van der Waals surface area contributed by atoms with Crippen molar-refractivity contribution >= 4 is 16.1 Å². The molecule has 0 radical (unpaired) electrons. The molecule has 0 aliphatic carbocycles. The van der Waals surface area contributed by atoms with Gasteiger partial charge in [-0.2, -0.15) is 0 Å². The molecule has 0 amide bonds. The number of rotatable bonds is 5. The Morgan fingerprint density at radius 1 is 1.00 bits per heavy atom. The van der Waals surface area contributed by atoms with Gasteiger partial charge in [0.05, 0.1) is 0 Å². The topological polar surface area (TPSA) is 74.6 Å². The lowest BCUT2D eigenvalue weighted by Gasteiger charge is -2.10. The van der Waals surface area contributed by atoms with Crippen LogP contribution >= 0.6 is 16.1 Å². The molecule has 4 atom stereocenters. The van der Waals surface area contributed by atoms with Gasteiger partial charge in [-0.05, 0) is 12.8 Å². The zero-order valence-corrected chi connectivity index (χ0v) is 9.28. The Bertz CT molecular complexity index is 162. The van der Waals surface area contributed by atoms with Gasteiger partial charge in [0, 0.05) is 11.3 Å². The fourth-order valence-electron chi connectivity index (χ4n) is 0.747. The Hall–Kier alpha value is 0.380. The molecule has 0 aromatic carbocycles. The Balaban J connectivity index is 3.68. The van der Waals surface area contributed by atoms with E-state index in [9.17, 15) is 9.13 Å². The van der Waals surface area contributed by atoms with Crippen molar-refractivity contribution in [2.45, 2.75) is 38.0 Å².